The number of likely N-dealkylation sites (tertiary alicyclic amines) is 2. The molecule has 2 aromatic carbocycles. The molecule has 0 spiro atoms. The number of benzene rings is 2. The highest BCUT2D eigenvalue weighted by atomic mass is 16.5. The van der Waals surface area contributed by atoms with Crippen molar-refractivity contribution >= 4 is 17.0 Å². The van der Waals surface area contributed by atoms with Crippen LogP contribution in [-0.4, -0.2) is 80.8 Å². The Morgan fingerprint density at radius 1 is 0.925 bits per heavy atom. The van der Waals surface area contributed by atoms with Gasteiger partial charge >= 0.3 is 5.69 Å². The minimum atomic E-state index is -0.138. The molecule has 10 heteroatoms. The van der Waals surface area contributed by atoms with Gasteiger partial charge in [-0.3, -0.25) is 18.9 Å². The van der Waals surface area contributed by atoms with E-state index in [2.05, 4.69) is 25.1 Å². The molecule has 0 amide bonds. The minimum absolute atomic E-state index is 0.0687. The smallest absolute Gasteiger partial charge is 0.335 e. The predicted molar refractivity (Wildman–Crippen MR) is 155 cm³/mol. The fraction of sp³-hybridized carbons (Fsp3) is 0.433. The van der Waals surface area contributed by atoms with Gasteiger partial charge in [0, 0.05) is 32.2 Å². The number of rotatable bonds is 8. The SMILES string of the molecule is Nc1ncnc2c1n(-c1ccc(Oc3ccccc3)cc1)c(=O)n2C1CN(CCC2CCN(C3CNC3)CC2)C1. The number of hydrogen-bond acceptors (Lipinski definition) is 8. The van der Waals surface area contributed by atoms with Crippen molar-refractivity contribution in [1.82, 2.24) is 34.2 Å². The zero-order valence-electron chi connectivity index (χ0n) is 22.7. The van der Waals surface area contributed by atoms with Crippen molar-refractivity contribution in [3.05, 3.63) is 71.4 Å². The number of nitrogens with zero attached hydrogens (tertiary/aromatic N) is 6. The number of fused-ring (bicyclic) bond motifs is 1. The molecule has 0 saturated carbocycles. The Morgan fingerprint density at radius 2 is 1.65 bits per heavy atom. The van der Waals surface area contributed by atoms with Gasteiger partial charge in [-0.2, -0.15) is 0 Å². The normalized spacial score (nSPS) is 19.5. The summed E-state index contributed by atoms with van der Waals surface area (Å²) in [6.07, 6.45) is 5.27. The number of nitrogen functional groups attached to an aromatic ring is 1. The van der Waals surface area contributed by atoms with Crippen LogP contribution >= 0.6 is 0 Å². The molecule has 5 heterocycles. The Kier molecular flexibility index (Phi) is 6.74. The van der Waals surface area contributed by atoms with Crippen molar-refractivity contribution in [2.45, 2.75) is 31.3 Å². The van der Waals surface area contributed by atoms with Crippen LogP contribution in [0.3, 0.4) is 0 Å². The van der Waals surface area contributed by atoms with E-state index < -0.39 is 0 Å². The summed E-state index contributed by atoms with van der Waals surface area (Å²) in [6, 6.07) is 17.9. The van der Waals surface area contributed by atoms with E-state index in [1.54, 1.807) is 4.57 Å². The van der Waals surface area contributed by atoms with Crippen molar-refractivity contribution in [2.24, 2.45) is 5.92 Å². The maximum absolute atomic E-state index is 13.8. The Hall–Kier alpha value is -3.73. The third-order valence-corrected chi connectivity index (χ3v) is 8.84. The third kappa shape index (κ3) is 4.76. The van der Waals surface area contributed by atoms with E-state index in [1.165, 1.54) is 38.7 Å². The molecule has 10 nitrogen and oxygen atoms in total. The molecule has 0 atom stereocenters. The zero-order valence-corrected chi connectivity index (χ0v) is 22.7. The van der Waals surface area contributed by atoms with E-state index in [4.69, 9.17) is 10.5 Å². The molecule has 0 aliphatic carbocycles. The monoisotopic (exact) mass is 540 g/mol. The summed E-state index contributed by atoms with van der Waals surface area (Å²) in [5.41, 5.74) is 8.01. The lowest BCUT2D eigenvalue weighted by Crippen LogP contribution is -2.58. The lowest BCUT2D eigenvalue weighted by atomic mass is 9.91. The van der Waals surface area contributed by atoms with Crippen molar-refractivity contribution in [2.75, 3.05) is 51.5 Å². The Morgan fingerprint density at radius 3 is 2.35 bits per heavy atom. The van der Waals surface area contributed by atoms with Gasteiger partial charge in [0.1, 0.15) is 23.3 Å². The van der Waals surface area contributed by atoms with Gasteiger partial charge in [-0.25, -0.2) is 14.8 Å². The van der Waals surface area contributed by atoms with E-state index in [-0.39, 0.29) is 11.7 Å². The molecule has 0 radical (unpaired) electrons. The molecule has 3 saturated heterocycles. The van der Waals surface area contributed by atoms with Crippen molar-refractivity contribution in [3.8, 4) is 17.2 Å². The van der Waals surface area contributed by atoms with Crippen LogP contribution < -0.4 is 21.5 Å². The molecule has 3 N–H and O–H groups in total. The quantitative estimate of drug-likeness (QED) is 0.352. The van der Waals surface area contributed by atoms with E-state index in [9.17, 15) is 4.79 Å². The van der Waals surface area contributed by atoms with Crippen LogP contribution in [0.2, 0.25) is 0 Å². The lowest BCUT2D eigenvalue weighted by Gasteiger charge is -2.43. The molecule has 2 aromatic heterocycles. The van der Waals surface area contributed by atoms with Crippen molar-refractivity contribution in [3.63, 3.8) is 0 Å². The number of nitrogens with one attached hydrogen (secondary N) is 1. The van der Waals surface area contributed by atoms with Crippen LogP contribution in [0.4, 0.5) is 5.82 Å². The summed E-state index contributed by atoms with van der Waals surface area (Å²) in [6.45, 7) is 7.54. The van der Waals surface area contributed by atoms with Gasteiger partial charge in [-0.05, 0) is 81.2 Å². The number of imidazole rings is 1. The van der Waals surface area contributed by atoms with Gasteiger partial charge in [0.05, 0.1) is 11.7 Å². The van der Waals surface area contributed by atoms with Gasteiger partial charge < -0.3 is 15.8 Å². The molecular weight excluding hydrogens is 504 g/mol. The van der Waals surface area contributed by atoms with E-state index in [0.29, 0.717) is 28.4 Å². The Labute approximate surface area is 233 Å². The second kappa shape index (κ2) is 10.7. The molecule has 7 rings (SSSR count). The fourth-order valence-corrected chi connectivity index (χ4v) is 6.32. The highest BCUT2D eigenvalue weighted by Crippen LogP contribution is 2.30. The van der Waals surface area contributed by atoms with Crippen LogP contribution in [0.5, 0.6) is 11.5 Å². The summed E-state index contributed by atoms with van der Waals surface area (Å²) in [7, 11) is 0. The van der Waals surface area contributed by atoms with Gasteiger partial charge in [0.15, 0.2) is 11.5 Å². The summed E-state index contributed by atoms with van der Waals surface area (Å²) in [4.78, 5) is 27.6. The Bertz CT molecular complexity index is 1520. The molecule has 3 fully saturated rings. The largest absolute Gasteiger partial charge is 0.457 e. The summed E-state index contributed by atoms with van der Waals surface area (Å²) < 4.78 is 9.37. The van der Waals surface area contributed by atoms with Crippen molar-refractivity contribution in [1.29, 1.82) is 0 Å². The number of ether oxygens (including phenoxy) is 1. The van der Waals surface area contributed by atoms with Crippen LogP contribution in [0.25, 0.3) is 16.9 Å². The topological polar surface area (TPSA) is 106 Å². The first-order valence-electron chi connectivity index (χ1n) is 14.4. The molecule has 3 aliphatic rings. The first-order valence-corrected chi connectivity index (χ1v) is 14.4. The molecule has 4 aromatic rings. The Balaban J connectivity index is 1.04. The van der Waals surface area contributed by atoms with E-state index in [1.807, 2.05) is 59.2 Å². The summed E-state index contributed by atoms with van der Waals surface area (Å²) in [5, 5.41) is 3.39. The number of hydrogen-bond donors (Lipinski definition) is 2. The predicted octanol–water partition coefficient (Wildman–Crippen LogP) is 2.89. The summed E-state index contributed by atoms with van der Waals surface area (Å²) >= 11 is 0. The average Bonchev–Trinajstić information content (AvgIpc) is 3.21. The van der Waals surface area contributed by atoms with E-state index >= 15 is 0 Å². The van der Waals surface area contributed by atoms with Crippen LogP contribution in [0, 0.1) is 5.92 Å². The van der Waals surface area contributed by atoms with E-state index in [0.717, 1.165) is 50.4 Å². The number of nitrogens with two attached hydrogens (primary N) is 1. The first kappa shape index (κ1) is 25.3. The number of piperidine rings is 1. The highest BCUT2D eigenvalue weighted by Gasteiger charge is 2.34. The van der Waals surface area contributed by atoms with Gasteiger partial charge in [-0.1, -0.05) is 18.2 Å². The average molecular weight is 541 g/mol. The third-order valence-electron chi connectivity index (χ3n) is 8.84. The van der Waals surface area contributed by atoms with Gasteiger partial charge in [0.2, 0.25) is 0 Å². The zero-order chi connectivity index (χ0) is 27.1. The van der Waals surface area contributed by atoms with Crippen LogP contribution in [0.15, 0.2) is 65.7 Å². The number of anilines is 1. The van der Waals surface area contributed by atoms with Gasteiger partial charge in [-0.15, -0.1) is 0 Å². The first-order chi connectivity index (χ1) is 19.6. The van der Waals surface area contributed by atoms with Gasteiger partial charge in [0.25, 0.3) is 0 Å². The lowest BCUT2D eigenvalue weighted by molar-refractivity contribution is 0.0732. The second-order valence-electron chi connectivity index (χ2n) is 11.3. The molecule has 3 aliphatic heterocycles. The molecular formula is C30H36N8O2. The maximum atomic E-state index is 13.8. The van der Waals surface area contributed by atoms with Crippen LogP contribution in [0.1, 0.15) is 25.3 Å². The molecule has 0 bridgehead atoms. The maximum Gasteiger partial charge on any atom is 0.335 e. The standard InChI is InChI=1S/C30H36N8O2/c31-28-27-29(34-20-33-28)38(24-18-35(19-24)13-10-21-11-14-36(15-12-21)23-16-32-17-23)30(39)37(27)22-6-8-26(9-7-22)40-25-4-2-1-3-5-25/h1-9,20-21,23-24,32H,10-19H2,(H2,31,33,34). The summed E-state index contributed by atoms with van der Waals surface area (Å²) in [5.74, 6) is 2.55. The van der Waals surface area contributed by atoms with Crippen LogP contribution in [-0.2, 0) is 0 Å². The molecule has 0 unspecified atom stereocenters. The number of para-hydroxylation sites is 1. The minimum Gasteiger partial charge on any atom is -0.457 e. The van der Waals surface area contributed by atoms with Crippen molar-refractivity contribution < 1.29 is 4.74 Å². The second-order valence-corrected chi connectivity index (χ2v) is 11.3. The highest BCUT2D eigenvalue weighted by molar-refractivity contribution is 5.84. The fourth-order valence-electron chi connectivity index (χ4n) is 6.32. The molecule has 40 heavy (non-hydrogen) atoms. The molecule has 208 valence electrons. The number of aromatic nitrogens is 4.